The molecule has 0 aliphatic heterocycles. The van der Waals surface area contributed by atoms with Gasteiger partial charge in [0.05, 0.1) is 0 Å². The second-order valence-electron chi connectivity index (χ2n) is 4.15. The van der Waals surface area contributed by atoms with E-state index >= 15 is 0 Å². The van der Waals surface area contributed by atoms with Crippen LogP contribution in [0.1, 0.15) is 25.7 Å². The Morgan fingerprint density at radius 1 is 0.944 bits per heavy atom. The zero-order chi connectivity index (χ0) is 11.8. The fraction of sp³-hybridized carbons (Fsp3) is 0.235. The third kappa shape index (κ3) is 4.99. The summed E-state index contributed by atoms with van der Waals surface area (Å²) < 4.78 is 0. The molecular formula is C17H18Co. The first-order valence-corrected chi connectivity index (χ1v) is 6.27. The number of allylic oxidation sites excluding steroid dienone is 4. The van der Waals surface area contributed by atoms with Gasteiger partial charge in [-0.1, -0.05) is 31.1 Å². The first-order valence-electron chi connectivity index (χ1n) is 6.27. The molecule has 0 amide bonds. The monoisotopic (exact) mass is 281 g/mol. The van der Waals surface area contributed by atoms with Crippen molar-refractivity contribution in [3.8, 4) is 0 Å². The quantitative estimate of drug-likeness (QED) is 0.469. The van der Waals surface area contributed by atoms with Crippen molar-refractivity contribution in [3.05, 3.63) is 66.8 Å². The van der Waals surface area contributed by atoms with Crippen molar-refractivity contribution in [3.63, 3.8) is 0 Å². The van der Waals surface area contributed by atoms with Crippen molar-refractivity contribution in [2.75, 3.05) is 0 Å². The number of fused-ring (bicyclic) bond motifs is 1. The molecule has 0 fully saturated rings. The van der Waals surface area contributed by atoms with Gasteiger partial charge in [0, 0.05) is 0 Å². The predicted octanol–water partition coefficient (Wildman–Crippen LogP) is 5.03. The zero-order valence-corrected chi connectivity index (χ0v) is 11.5. The number of benzene rings is 1. The second kappa shape index (κ2) is 8.84. The molecule has 0 unspecified atom stereocenters. The summed E-state index contributed by atoms with van der Waals surface area (Å²) in [5.74, 6) is 0. The Bertz CT molecular complexity index is 435. The summed E-state index contributed by atoms with van der Waals surface area (Å²) >= 11 is 0. The molecule has 0 saturated heterocycles. The SMILES string of the molecule is [C-]1=CCCC=CCC1.[Co+2].c1ccc2[cH-]ccc2c1. The first-order chi connectivity index (χ1) is 8.47. The normalized spacial score (nSPS) is 14.0. The molecule has 0 atom stereocenters. The summed E-state index contributed by atoms with van der Waals surface area (Å²) in [7, 11) is 0. The molecule has 2 aromatic rings. The summed E-state index contributed by atoms with van der Waals surface area (Å²) in [6.07, 6.45) is 14.5. The minimum atomic E-state index is 0. The molecule has 0 N–H and O–H groups in total. The molecule has 0 spiro atoms. The molecule has 3 rings (SSSR count). The minimum absolute atomic E-state index is 0. The molecule has 0 heterocycles. The molecule has 0 nitrogen and oxygen atoms in total. The molecule has 1 heteroatoms. The van der Waals surface area contributed by atoms with E-state index in [0.717, 1.165) is 6.42 Å². The molecule has 1 aliphatic rings. The van der Waals surface area contributed by atoms with Gasteiger partial charge in [-0.3, -0.25) is 6.08 Å². The Labute approximate surface area is 120 Å². The third-order valence-corrected chi connectivity index (χ3v) is 2.79. The fourth-order valence-electron chi connectivity index (χ4n) is 1.86. The molecular weight excluding hydrogens is 263 g/mol. The van der Waals surface area contributed by atoms with E-state index in [1.165, 1.54) is 30.0 Å². The van der Waals surface area contributed by atoms with E-state index < -0.39 is 0 Å². The first kappa shape index (κ1) is 14.9. The van der Waals surface area contributed by atoms with Crippen molar-refractivity contribution >= 4 is 10.8 Å². The largest absolute Gasteiger partial charge is 2.00 e. The molecule has 1 radical (unpaired) electrons. The molecule has 1 aliphatic carbocycles. The van der Waals surface area contributed by atoms with Crippen molar-refractivity contribution in [1.82, 2.24) is 0 Å². The van der Waals surface area contributed by atoms with E-state index in [9.17, 15) is 0 Å². The van der Waals surface area contributed by atoms with Crippen molar-refractivity contribution in [2.45, 2.75) is 25.7 Å². The molecule has 18 heavy (non-hydrogen) atoms. The van der Waals surface area contributed by atoms with Crippen LogP contribution < -0.4 is 0 Å². The summed E-state index contributed by atoms with van der Waals surface area (Å²) in [6, 6.07) is 14.7. The van der Waals surface area contributed by atoms with Gasteiger partial charge in [0.2, 0.25) is 0 Å². The topological polar surface area (TPSA) is 0 Å². The van der Waals surface area contributed by atoms with Crippen LogP contribution in [0.2, 0.25) is 0 Å². The fourth-order valence-corrected chi connectivity index (χ4v) is 1.86. The zero-order valence-electron chi connectivity index (χ0n) is 10.4. The second-order valence-corrected chi connectivity index (χ2v) is 4.15. The summed E-state index contributed by atoms with van der Waals surface area (Å²) in [5, 5.41) is 2.66. The maximum atomic E-state index is 3.21. The van der Waals surface area contributed by atoms with Crippen molar-refractivity contribution in [2.24, 2.45) is 0 Å². The predicted molar refractivity (Wildman–Crippen MR) is 75.0 cm³/mol. The van der Waals surface area contributed by atoms with Crippen molar-refractivity contribution in [1.29, 1.82) is 0 Å². The summed E-state index contributed by atoms with van der Waals surface area (Å²) in [6.45, 7) is 0. The van der Waals surface area contributed by atoms with Crippen LogP contribution in [0.15, 0.2) is 60.7 Å². The Balaban J connectivity index is 0.000000172. The summed E-state index contributed by atoms with van der Waals surface area (Å²) in [5.41, 5.74) is 0. The smallest absolute Gasteiger partial charge is 0.500 e. The molecule has 0 aromatic heterocycles. The molecule has 0 bridgehead atoms. The van der Waals surface area contributed by atoms with Gasteiger partial charge in [0.1, 0.15) is 0 Å². The summed E-state index contributed by atoms with van der Waals surface area (Å²) in [4.78, 5) is 0. The average molecular weight is 281 g/mol. The molecule has 0 saturated carbocycles. The van der Waals surface area contributed by atoms with E-state index in [-0.39, 0.29) is 16.8 Å². The molecule has 95 valence electrons. The Hall–Kier alpha value is -1.18. The van der Waals surface area contributed by atoms with Gasteiger partial charge in [-0.15, -0.1) is 29.7 Å². The van der Waals surface area contributed by atoms with Crippen LogP contribution >= 0.6 is 0 Å². The van der Waals surface area contributed by atoms with Crippen LogP contribution in [0, 0.1) is 6.08 Å². The molecule has 2 aromatic carbocycles. The number of hydrogen-bond acceptors (Lipinski definition) is 0. The third-order valence-electron chi connectivity index (χ3n) is 2.79. The van der Waals surface area contributed by atoms with Crippen molar-refractivity contribution < 1.29 is 16.8 Å². The van der Waals surface area contributed by atoms with Gasteiger partial charge >= 0.3 is 16.8 Å². The van der Waals surface area contributed by atoms with Crippen LogP contribution in [0.5, 0.6) is 0 Å². The van der Waals surface area contributed by atoms with E-state index in [1.807, 2.05) is 0 Å². The van der Waals surface area contributed by atoms with E-state index in [2.05, 4.69) is 66.8 Å². The average Bonchev–Trinajstić information content (AvgIpc) is 2.76. The Kier molecular flexibility index (Phi) is 7.31. The van der Waals surface area contributed by atoms with Crippen LogP contribution in [0.25, 0.3) is 10.8 Å². The Morgan fingerprint density at radius 3 is 2.67 bits per heavy atom. The Morgan fingerprint density at radius 2 is 1.78 bits per heavy atom. The van der Waals surface area contributed by atoms with Gasteiger partial charge in [-0.25, -0.2) is 0 Å². The van der Waals surface area contributed by atoms with E-state index in [1.54, 1.807) is 0 Å². The van der Waals surface area contributed by atoms with Gasteiger partial charge in [0.25, 0.3) is 0 Å². The standard InChI is InChI=1S/C9H7.C8H11.Co/c1-2-5-9-7-3-6-8(9)4-1;1-2-4-6-8-7-5-3-1;/h1-7H;1-2,7H,3-6H2;/q2*-1;+2. The van der Waals surface area contributed by atoms with Gasteiger partial charge in [0.15, 0.2) is 0 Å². The maximum absolute atomic E-state index is 3.21. The number of hydrogen-bond donors (Lipinski definition) is 0. The van der Waals surface area contributed by atoms with Gasteiger partial charge < -0.3 is 6.08 Å². The van der Waals surface area contributed by atoms with Crippen LogP contribution in [0.3, 0.4) is 0 Å². The van der Waals surface area contributed by atoms with Gasteiger partial charge in [-0.05, 0) is 6.42 Å². The van der Waals surface area contributed by atoms with Crippen LogP contribution in [-0.2, 0) is 16.8 Å². The minimum Gasteiger partial charge on any atom is -0.500 e. The number of rotatable bonds is 0. The van der Waals surface area contributed by atoms with E-state index in [4.69, 9.17) is 0 Å². The maximum Gasteiger partial charge on any atom is 2.00 e. The van der Waals surface area contributed by atoms with Crippen LogP contribution in [0.4, 0.5) is 0 Å². The van der Waals surface area contributed by atoms with Gasteiger partial charge in [-0.2, -0.15) is 23.9 Å². The van der Waals surface area contributed by atoms with E-state index in [0.29, 0.717) is 0 Å². The van der Waals surface area contributed by atoms with Crippen LogP contribution in [-0.4, -0.2) is 0 Å².